The molecule has 0 atom stereocenters. The van der Waals surface area contributed by atoms with E-state index >= 15 is 0 Å². The van der Waals surface area contributed by atoms with Crippen LogP contribution in [0, 0.1) is 0 Å². The fraction of sp³-hybridized carbons (Fsp3) is 0.333. The number of hydrogen-bond acceptors (Lipinski definition) is 4. The van der Waals surface area contributed by atoms with E-state index in [1.54, 1.807) is 11.8 Å². The molecule has 0 unspecified atom stereocenters. The Morgan fingerprint density at radius 2 is 1.94 bits per heavy atom. The lowest BCUT2D eigenvalue weighted by Gasteiger charge is -2.04. The molecule has 1 aromatic rings. The normalized spacial score (nSPS) is 9.89. The maximum atomic E-state index is 10.9. The van der Waals surface area contributed by atoms with Crippen molar-refractivity contribution in [3.63, 3.8) is 0 Å². The number of carbonyl (C=O) groups excluding carboxylic acids is 2. The number of nitrogens with one attached hydrogen (secondary N) is 2. The average Bonchev–Trinajstić information content (AvgIpc) is 2.35. The van der Waals surface area contributed by atoms with Crippen LogP contribution < -0.4 is 16.6 Å². The lowest BCUT2D eigenvalue weighted by atomic mass is 10.3. The third-order valence-electron chi connectivity index (χ3n) is 2.15. The third kappa shape index (κ3) is 5.70. The Balaban J connectivity index is 2.31. The maximum absolute atomic E-state index is 10.9. The Morgan fingerprint density at radius 3 is 2.50 bits per heavy atom. The molecule has 0 spiro atoms. The van der Waals surface area contributed by atoms with Crippen molar-refractivity contribution in [3.8, 4) is 0 Å². The van der Waals surface area contributed by atoms with Gasteiger partial charge in [-0.05, 0) is 36.4 Å². The topological polar surface area (TPSA) is 84.2 Å². The van der Waals surface area contributed by atoms with E-state index < -0.39 is 0 Å². The SMILES string of the molecule is CC(=O)Nc1ccc(SCCCC(=O)NN)cc1. The van der Waals surface area contributed by atoms with Gasteiger partial charge >= 0.3 is 0 Å². The smallest absolute Gasteiger partial charge is 0.233 e. The number of hydrogen-bond donors (Lipinski definition) is 3. The molecule has 0 aliphatic heterocycles. The van der Waals surface area contributed by atoms with E-state index in [4.69, 9.17) is 5.84 Å². The summed E-state index contributed by atoms with van der Waals surface area (Å²) in [6, 6.07) is 7.60. The van der Waals surface area contributed by atoms with Crippen molar-refractivity contribution < 1.29 is 9.59 Å². The van der Waals surface area contributed by atoms with E-state index in [2.05, 4.69) is 10.7 Å². The maximum Gasteiger partial charge on any atom is 0.233 e. The molecule has 6 heteroatoms. The lowest BCUT2D eigenvalue weighted by Crippen LogP contribution is -2.29. The number of benzene rings is 1. The van der Waals surface area contributed by atoms with Crippen LogP contribution in [0.5, 0.6) is 0 Å². The molecular formula is C12H17N3O2S. The van der Waals surface area contributed by atoms with Gasteiger partial charge < -0.3 is 5.32 Å². The first kappa shape index (κ1) is 14.5. The van der Waals surface area contributed by atoms with E-state index in [0.717, 1.165) is 22.8 Å². The molecule has 0 fully saturated rings. The fourth-order valence-electron chi connectivity index (χ4n) is 1.33. The Kier molecular flexibility index (Phi) is 6.24. The first-order valence-electron chi connectivity index (χ1n) is 5.61. The van der Waals surface area contributed by atoms with Gasteiger partial charge in [0.15, 0.2) is 0 Å². The zero-order valence-electron chi connectivity index (χ0n) is 10.2. The highest BCUT2D eigenvalue weighted by molar-refractivity contribution is 7.99. The van der Waals surface area contributed by atoms with Crippen LogP contribution in [0.3, 0.4) is 0 Å². The molecule has 1 aromatic carbocycles. The second-order valence-electron chi connectivity index (χ2n) is 3.73. The summed E-state index contributed by atoms with van der Waals surface area (Å²) in [5, 5.41) is 2.71. The van der Waals surface area contributed by atoms with Crippen LogP contribution in [0.25, 0.3) is 0 Å². The minimum atomic E-state index is -0.142. The quantitative estimate of drug-likeness (QED) is 0.240. The van der Waals surface area contributed by atoms with E-state index in [1.165, 1.54) is 6.92 Å². The summed E-state index contributed by atoms with van der Waals surface area (Å²) in [6.07, 6.45) is 1.22. The van der Waals surface area contributed by atoms with Crippen LogP contribution in [-0.4, -0.2) is 17.6 Å². The molecule has 0 saturated heterocycles. The predicted octanol–water partition coefficient (Wildman–Crippen LogP) is 1.51. The van der Waals surface area contributed by atoms with Crippen molar-refractivity contribution in [2.24, 2.45) is 5.84 Å². The lowest BCUT2D eigenvalue weighted by molar-refractivity contribution is -0.121. The fourth-order valence-corrected chi connectivity index (χ4v) is 2.19. The number of thioether (sulfide) groups is 1. The van der Waals surface area contributed by atoms with Crippen molar-refractivity contribution >= 4 is 29.3 Å². The summed E-state index contributed by atoms with van der Waals surface area (Å²) in [5.74, 6) is 5.61. The molecule has 2 amide bonds. The van der Waals surface area contributed by atoms with Gasteiger partial charge in [-0.3, -0.25) is 15.0 Å². The van der Waals surface area contributed by atoms with E-state index in [0.29, 0.717) is 6.42 Å². The van der Waals surface area contributed by atoms with Gasteiger partial charge in [0.1, 0.15) is 0 Å². The first-order valence-corrected chi connectivity index (χ1v) is 6.60. The van der Waals surface area contributed by atoms with Gasteiger partial charge in [-0.15, -0.1) is 11.8 Å². The van der Waals surface area contributed by atoms with Crippen molar-refractivity contribution in [2.45, 2.75) is 24.7 Å². The van der Waals surface area contributed by atoms with Crippen molar-refractivity contribution in [2.75, 3.05) is 11.1 Å². The number of hydrazine groups is 1. The molecule has 98 valence electrons. The second kappa shape index (κ2) is 7.73. The van der Waals surface area contributed by atoms with Crippen LogP contribution >= 0.6 is 11.8 Å². The molecule has 5 nitrogen and oxygen atoms in total. The largest absolute Gasteiger partial charge is 0.326 e. The summed E-state index contributed by atoms with van der Waals surface area (Å²) in [5.41, 5.74) is 2.89. The van der Waals surface area contributed by atoms with Gasteiger partial charge in [-0.25, -0.2) is 5.84 Å². The Bertz CT molecular complexity index is 406. The molecular weight excluding hydrogens is 250 g/mol. The highest BCUT2D eigenvalue weighted by Crippen LogP contribution is 2.21. The average molecular weight is 267 g/mol. The third-order valence-corrected chi connectivity index (χ3v) is 3.25. The van der Waals surface area contributed by atoms with Crippen LogP contribution in [0.4, 0.5) is 5.69 Å². The summed E-state index contributed by atoms with van der Waals surface area (Å²) >= 11 is 1.67. The minimum absolute atomic E-state index is 0.0804. The minimum Gasteiger partial charge on any atom is -0.326 e. The van der Waals surface area contributed by atoms with Gasteiger partial charge in [0.25, 0.3) is 0 Å². The van der Waals surface area contributed by atoms with Crippen LogP contribution in [0.15, 0.2) is 29.2 Å². The number of amides is 2. The van der Waals surface area contributed by atoms with Gasteiger partial charge in [0.05, 0.1) is 0 Å². The van der Waals surface area contributed by atoms with Crippen LogP contribution in [0.2, 0.25) is 0 Å². The molecule has 0 radical (unpaired) electrons. The van der Waals surface area contributed by atoms with Gasteiger partial charge in [0, 0.05) is 23.9 Å². The molecule has 0 saturated carbocycles. The molecule has 4 N–H and O–H groups in total. The van der Waals surface area contributed by atoms with E-state index in [9.17, 15) is 9.59 Å². The van der Waals surface area contributed by atoms with Gasteiger partial charge in [-0.1, -0.05) is 0 Å². The van der Waals surface area contributed by atoms with Crippen molar-refractivity contribution in [3.05, 3.63) is 24.3 Å². The first-order chi connectivity index (χ1) is 8.61. The number of rotatable bonds is 6. The zero-order valence-corrected chi connectivity index (χ0v) is 11.0. The standard InChI is InChI=1S/C12H17N3O2S/c1-9(16)14-10-4-6-11(7-5-10)18-8-2-3-12(17)15-13/h4-7H,2-3,8,13H2,1H3,(H,14,16)(H,15,17). The van der Waals surface area contributed by atoms with E-state index in [1.807, 2.05) is 24.3 Å². The number of nitrogens with two attached hydrogens (primary N) is 1. The number of anilines is 1. The van der Waals surface area contributed by atoms with Crippen LogP contribution in [0.1, 0.15) is 19.8 Å². The Hall–Kier alpha value is -1.53. The molecule has 0 aromatic heterocycles. The second-order valence-corrected chi connectivity index (χ2v) is 4.89. The highest BCUT2D eigenvalue weighted by atomic mass is 32.2. The molecule has 18 heavy (non-hydrogen) atoms. The molecule has 1 rings (SSSR count). The van der Waals surface area contributed by atoms with Gasteiger partial charge in [0.2, 0.25) is 11.8 Å². The Morgan fingerprint density at radius 1 is 1.28 bits per heavy atom. The zero-order chi connectivity index (χ0) is 13.4. The summed E-state index contributed by atoms with van der Waals surface area (Å²) in [6.45, 7) is 1.48. The van der Waals surface area contributed by atoms with E-state index in [-0.39, 0.29) is 11.8 Å². The summed E-state index contributed by atoms with van der Waals surface area (Å²) in [7, 11) is 0. The van der Waals surface area contributed by atoms with Crippen molar-refractivity contribution in [1.29, 1.82) is 0 Å². The van der Waals surface area contributed by atoms with Gasteiger partial charge in [-0.2, -0.15) is 0 Å². The highest BCUT2D eigenvalue weighted by Gasteiger charge is 2.00. The molecule has 0 heterocycles. The van der Waals surface area contributed by atoms with Crippen LogP contribution in [-0.2, 0) is 9.59 Å². The Labute approximate surface area is 110 Å². The summed E-state index contributed by atoms with van der Waals surface area (Å²) < 4.78 is 0. The molecule has 0 aliphatic rings. The summed E-state index contributed by atoms with van der Waals surface area (Å²) in [4.78, 5) is 22.8. The molecule has 0 aliphatic carbocycles. The predicted molar refractivity (Wildman–Crippen MR) is 73.0 cm³/mol. The monoisotopic (exact) mass is 267 g/mol. The molecule has 0 bridgehead atoms. The van der Waals surface area contributed by atoms with Crippen molar-refractivity contribution in [1.82, 2.24) is 5.43 Å². The number of carbonyl (C=O) groups is 2.